The van der Waals surface area contributed by atoms with Crippen molar-refractivity contribution in [3.8, 4) is 0 Å². The van der Waals surface area contributed by atoms with Crippen molar-refractivity contribution in [2.24, 2.45) is 11.8 Å². The molecule has 1 aliphatic heterocycles. The third-order valence-electron chi connectivity index (χ3n) is 3.43. The molecule has 0 bridgehead atoms. The van der Waals surface area contributed by atoms with Crippen LogP contribution in [0.2, 0.25) is 0 Å². The summed E-state index contributed by atoms with van der Waals surface area (Å²) in [5.74, 6) is -0.0711. The minimum absolute atomic E-state index is 0.0682. The summed E-state index contributed by atoms with van der Waals surface area (Å²) >= 11 is 0. The first-order chi connectivity index (χ1) is 9.01. The Bertz CT molecular complexity index is 485. The molecule has 0 aromatic carbocycles. The van der Waals surface area contributed by atoms with E-state index in [1.807, 2.05) is 6.92 Å². The lowest BCUT2D eigenvalue weighted by Gasteiger charge is -2.15. The molecule has 104 valence electrons. The first kappa shape index (κ1) is 13.4. The average molecular weight is 266 g/mol. The second-order valence-corrected chi connectivity index (χ2v) is 4.84. The van der Waals surface area contributed by atoms with E-state index in [4.69, 9.17) is 10.5 Å². The second kappa shape index (κ2) is 5.29. The van der Waals surface area contributed by atoms with E-state index in [0.29, 0.717) is 18.9 Å². The highest BCUT2D eigenvalue weighted by Crippen LogP contribution is 2.24. The Morgan fingerprint density at radius 2 is 2.26 bits per heavy atom. The molecule has 1 amide bonds. The number of nitrogens with two attached hydrogens (primary N) is 1. The molecule has 1 aliphatic rings. The Morgan fingerprint density at radius 1 is 1.53 bits per heavy atom. The van der Waals surface area contributed by atoms with Gasteiger partial charge in [0.05, 0.1) is 13.0 Å². The molecule has 0 saturated carbocycles. The lowest BCUT2D eigenvalue weighted by molar-refractivity contribution is -0.146. The summed E-state index contributed by atoms with van der Waals surface area (Å²) in [6.07, 6.45) is 1.66. The first-order valence-corrected chi connectivity index (χ1v) is 6.15. The van der Waals surface area contributed by atoms with Crippen molar-refractivity contribution in [3.05, 3.63) is 12.3 Å². The van der Waals surface area contributed by atoms with E-state index in [0.717, 1.165) is 0 Å². The third-order valence-corrected chi connectivity index (χ3v) is 3.43. The molecule has 2 heterocycles. The zero-order chi connectivity index (χ0) is 14.0. The van der Waals surface area contributed by atoms with Crippen molar-refractivity contribution >= 4 is 17.7 Å². The van der Waals surface area contributed by atoms with Crippen LogP contribution in [0.4, 0.5) is 5.82 Å². The van der Waals surface area contributed by atoms with Crippen molar-refractivity contribution in [3.63, 3.8) is 0 Å². The highest BCUT2D eigenvalue weighted by Gasteiger charge is 2.37. The smallest absolute Gasteiger partial charge is 0.310 e. The second-order valence-electron chi connectivity index (χ2n) is 4.84. The highest BCUT2D eigenvalue weighted by atomic mass is 16.5. The summed E-state index contributed by atoms with van der Waals surface area (Å²) in [5, 5.41) is 3.97. The van der Waals surface area contributed by atoms with Crippen molar-refractivity contribution < 1.29 is 14.3 Å². The normalized spacial score (nSPS) is 22.5. The lowest BCUT2D eigenvalue weighted by Crippen LogP contribution is -2.33. The molecule has 1 saturated heterocycles. The number of methoxy groups -OCH3 is 1. The molecule has 1 fully saturated rings. The van der Waals surface area contributed by atoms with Crippen molar-refractivity contribution in [2.75, 3.05) is 25.9 Å². The Labute approximate surface area is 111 Å². The van der Waals surface area contributed by atoms with Gasteiger partial charge in [0.1, 0.15) is 12.4 Å². The van der Waals surface area contributed by atoms with Gasteiger partial charge in [0.2, 0.25) is 5.91 Å². The first-order valence-electron chi connectivity index (χ1n) is 6.15. The molecule has 1 aromatic heterocycles. The van der Waals surface area contributed by atoms with Gasteiger partial charge in [-0.2, -0.15) is 5.10 Å². The van der Waals surface area contributed by atoms with Gasteiger partial charge in [-0.15, -0.1) is 0 Å². The van der Waals surface area contributed by atoms with E-state index >= 15 is 0 Å². The number of aromatic nitrogens is 2. The molecule has 7 nitrogen and oxygen atoms in total. The molecule has 2 atom stereocenters. The largest absolute Gasteiger partial charge is 0.469 e. The van der Waals surface area contributed by atoms with E-state index < -0.39 is 0 Å². The van der Waals surface area contributed by atoms with E-state index in [9.17, 15) is 9.59 Å². The van der Waals surface area contributed by atoms with Crippen LogP contribution in [0.1, 0.15) is 6.92 Å². The monoisotopic (exact) mass is 266 g/mol. The molecule has 0 aliphatic carbocycles. The van der Waals surface area contributed by atoms with Crippen molar-refractivity contribution in [1.82, 2.24) is 14.7 Å². The van der Waals surface area contributed by atoms with Gasteiger partial charge < -0.3 is 15.4 Å². The number of likely N-dealkylation sites (tertiary alicyclic amines) is 1. The molecule has 0 spiro atoms. The molecule has 0 radical (unpaired) electrons. The molecule has 19 heavy (non-hydrogen) atoms. The van der Waals surface area contributed by atoms with E-state index in [1.165, 1.54) is 11.8 Å². The number of anilines is 1. The zero-order valence-electron chi connectivity index (χ0n) is 11.1. The Hall–Kier alpha value is -2.05. The van der Waals surface area contributed by atoms with Crippen LogP contribution in [-0.2, 0) is 20.9 Å². The van der Waals surface area contributed by atoms with Gasteiger partial charge >= 0.3 is 5.97 Å². The summed E-state index contributed by atoms with van der Waals surface area (Å²) in [4.78, 5) is 25.3. The maximum atomic E-state index is 12.1. The van der Waals surface area contributed by atoms with Crippen LogP contribution in [0.25, 0.3) is 0 Å². The van der Waals surface area contributed by atoms with Gasteiger partial charge in [-0.3, -0.25) is 14.3 Å². The highest BCUT2D eigenvalue weighted by molar-refractivity contribution is 5.79. The lowest BCUT2D eigenvalue weighted by atomic mass is 9.99. The topological polar surface area (TPSA) is 90.5 Å². The Balaban J connectivity index is 1.96. The number of esters is 1. The number of nitrogens with zero attached hydrogens (tertiary/aromatic N) is 3. The van der Waals surface area contributed by atoms with Crippen molar-refractivity contribution in [1.29, 1.82) is 0 Å². The van der Waals surface area contributed by atoms with Crippen molar-refractivity contribution in [2.45, 2.75) is 13.5 Å². The molecule has 2 rings (SSSR count). The van der Waals surface area contributed by atoms with Crippen LogP contribution in [0.15, 0.2) is 12.3 Å². The molecule has 2 unspecified atom stereocenters. The number of hydrogen-bond acceptors (Lipinski definition) is 5. The molecular weight excluding hydrogens is 248 g/mol. The maximum absolute atomic E-state index is 12.1. The quantitative estimate of drug-likeness (QED) is 0.761. The van der Waals surface area contributed by atoms with Gasteiger partial charge in [-0.05, 0) is 12.0 Å². The number of nitrogen functional groups attached to an aromatic ring is 1. The maximum Gasteiger partial charge on any atom is 0.310 e. The van der Waals surface area contributed by atoms with E-state index in [-0.39, 0.29) is 30.3 Å². The number of amides is 1. The fourth-order valence-corrected chi connectivity index (χ4v) is 2.33. The minimum atomic E-state index is -0.258. The van der Waals surface area contributed by atoms with Gasteiger partial charge in [-0.25, -0.2) is 0 Å². The average Bonchev–Trinajstić information content (AvgIpc) is 2.95. The zero-order valence-corrected chi connectivity index (χ0v) is 11.1. The fraction of sp³-hybridized carbons (Fsp3) is 0.583. The molecular formula is C12H18N4O3. The van der Waals surface area contributed by atoms with E-state index in [1.54, 1.807) is 17.2 Å². The van der Waals surface area contributed by atoms with Gasteiger partial charge in [0.25, 0.3) is 0 Å². The molecule has 2 N–H and O–H groups in total. The number of rotatable bonds is 3. The SMILES string of the molecule is COC(=O)C1CN(C(=O)Cn2ccc(N)n2)CC1C. The van der Waals surface area contributed by atoms with Crippen LogP contribution in [0, 0.1) is 11.8 Å². The Morgan fingerprint density at radius 3 is 2.84 bits per heavy atom. The summed E-state index contributed by atoms with van der Waals surface area (Å²) in [7, 11) is 1.37. The Kier molecular flexibility index (Phi) is 3.73. The summed E-state index contributed by atoms with van der Waals surface area (Å²) in [6.45, 7) is 3.05. The van der Waals surface area contributed by atoms with Gasteiger partial charge in [0.15, 0.2) is 0 Å². The number of hydrogen-bond donors (Lipinski definition) is 1. The molecule has 7 heteroatoms. The predicted molar refractivity (Wildman–Crippen MR) is 67.9 cm³/mol. The summed E-state index contributed by atoms with van der Waals surface area (Å²) in [6, 6.07) is 1.64. The number of ether oxygens (including phenoxy) is 1. The minimum Gasteiger partial charge on any atom is -0.469 e. The van der Waals surface area contributed by atoms with Crippen LogP contribution < -0.4 is 5.73 Å². The van der Waals surface area contributed by atoms with Gasteiger partial charge in [-0.1, -0.05) is 6.92 Å². The third kappa shape index (κ3) is 2.86. The van der Waals surface area contributed by atoms with E-state index in [2.05, 4.69) is 5.10 Å². The van der Waals surface area contributed by atoms with Crippen LogP contribution in [0.3, 0.4) is 0 Å². The fourth-order valence-electron chi connectivity index (χ4n) is 2.33. The number of carbonyl (C=O) groups is 2. The summed E-state index contributed by atoms with van der Waals surface area (Å²) < 4.78 is 6.24. The molecule has 1 aromatic rings. The summed E-state index contributed by atoms with van der Waals surface area (Å²) in [5.41, 5.74) is 5.49. The van der Waals surface area contributed by atoms with Gasteiger partial charge in [0, 0.05) is 19.3 Å². The predicted octanol–water partition coefficient (Wildman–Crippen LogP) is -0.267. The number of carbonyl (C=O) groups excluding carboxylic acids is 2. The van der Waals surface area contributed by atoms with Crippen LogP contribution in [-0.4, -0.2) is 46.8 Å². The van der Waals surface area contributed by atoms with Crippen LogP contribution >= 0.6 is 0 Å². The van der Waals surface area contributed by atoms with Crippen LogP contribution in [0.5, 0.6) is 0 Å². The standard InChI is InChI=1S/C12H18N4O3/c1-8-5-15(6-9(8)12(18)19-2)11(17)7-16-4-3-10(13)14-16/h3-4,8-9H,5-7H2,1-2H3,(H2,13,14).